The minimum absolute atomic E-state index is 0.0581. The fraction of sp³-hybridized carbons (Fsp3) is 0.222. The summed E-state index contributed by atoms with van der Waals surface area (Å²) in [5.74, 6) is 0.900. The zero-order valence-electron chi connectivity index (χ0n) is 13.1. The van der Waals surface area contributed by atoms with Gasteiger partial charge >= 0.3 is 0 Å². The highest BCUT2D eigenvalue weighted by atomic mass is 32.2. The maximum atomic E-state index is 12.4. The van der Waals surface area contributed by atoms with Crippen LogP contribution in [0.15, 0.2) is 58.4 Å². The van der Waals surface area contributed by atoms with E-state index >= 15 is 0 Å². The molecule has 0 atom stereocenters. The highest BCUT2D eigenvalue weighted by molar-refractivity contribution is 7.99. The molecule has 3 rings (SSSR count). The molecule has 0 saturated carbocycles. The van der Waals surface area contributed by atoms with Crippen LogP contribution in [0.3, 0.4) is 0 Å². The van der Waals surface area contributed by atoms with Crippen LogP contribution in [0.1, 0.15) is 26.5 Å². The Kier molecular flexibility index (Phi) is 6.46. The molecular formula is C18H18N2OS3. The number of amides is 1. The molecule has 6 heteroatoms. The second-order valence-corrected chi connectivity index (χ2v) is 8.30. The van der Waals surface area contributed by atoms with Crippen molar-refractivity contribution in [1.82, 2.24) is 10.3 Å². The van der Waals surface area contributed by atoms with Crippen LogP contribution in [-0.4, -0.2) is 16.6 Å². The number of aromatic nitrogens is 1. The van der Waals surface area contributed by atoms with Crippen LogP contribution in [-0.2, 0) is 13.0 Å². The lowest BCUT2D eigenvalue weighted by Crippen LogP contribution is -2.23. The van der Waals surface area contributed by atoms with E-state index in [0.717, 1.165) is 28.5 Å². The van der Waals surface area contributed by atoms with Crippen molar-refractivity contribution in [3.8, 4) is 0 Å². The largest absolute Gasteiger partial charge is 0.347 e. The average Bonchev–Trinajstić information content (AvgIpc) is 3.30. The van der Waals surface area contributed by atoms with Gasteiger partial charge in [-0.3, -0.25) is 4.79 Å². The van der Waals surface area contributed by atoms with E-state index in [0.29, 0.717) is 12.1 Å². The van der Waals surface area contributed by atoms with E-state index in [1.807, 2.05) is 29.6 Å². The molecule has 0 aromatic carbocycles. The predicted molar refractivity (Wildman–Crippen MR) is 103 cm³/mol. The molecule has 24 heavy (non-hydrogen) atoms. The number of aryl methyl sites for hydroxylation is 1. The van der Waals surface area contributed by atoms with Crippen molar-refractivity contribution in [2.24, 2.45) is 0 Å². The first kappa shape index (κ1) is 17.2. The molecule has 0 saturated heterocycles. The van der Waals surface area contributed by atoms with Gasteiger partial charge in [0, 0.05) is 16.0 Å². The number of carbonyl (C=O) groups excluding carboxylic acids is 1. The molecule has 0 aliphatic rings. The van der Waals surface area contributed by atoms with Crippen molar-refractivity contribution in [1.29, 1.82) is 0 Å². The van der Waals surface area contributed by atoms with Crippen molar-refractivity contribution in [2.45, 2.75) is 24.4 Å². The smallest absolute Gasteiger partial charge is 0.254 e. The Morgan fingerprint density at radius 1 is 1.08 bits per heavy atom. The SMILES string of the molecule is O=C(NCc1cccs1)c1cccnc1SCCCc1cccs1. The molecule has 0 bridgehead atoms. The lowest BCUT2D eigenvalue weighted by atomic mass is 10.2. The number of pyridine rings is 1. The number of hydrogen-bond acceptors (Lipinski definition) is 5. The van der Waals surface area contributed by atoms with Gasteiger partial charge < -0.3 is 5.32 Å². The molecule has 0 unspecified atom stereocenters. The summed E-state index contributed by atoms with van der Waals surface area (Å²) < 4.78 is 0. The molecule has 1 amide bonds. The normalized spacial score (nSPS) is 10.7. The molecule has 0 aliphatic heterocycles. The zero-order chi connectivity index (χ0) is 16.6. The van der Waals surface area contributed by atoms with E-state index in [4.69, 9.17) is 0 Å². The Hall–Kier alpha value is -1.63. The maximum Gasteiger partial charge on any atom is 0.254 e. The summed E-state index contributed by atoms with van der Waals surface area (Å²) in [4.78, 5) is 19.4. The molecule has 3 nitrogen and oxygen atoms in total. The van der Waals surface area contributed by atoms with Gasteiger partial charge in [0.05, 0.1) is 12.1 Å². The standard InChI is InChI=1S/C18H18N2OS3/c21-17(20-13-15-7-4-11-23-15)16-8-1-9-19-18(16)24-12-3-6-14-5-2-10-22-14/h1-2,4-5,7-11H,3,6,12-13H2,(H,20,21). The predicted octanol–water partition coefficient (Wildman–Crippen LogP) is 4.86. The van der Waals surface area contributed by atoms with Crippen LogP contribution in [0.5, 0.6) is 0 Å². The Morgan fingerprint density at radius 3 is 2.62 bits per heavy atom. The molecule has 3 aromatic rings. The molecule has 3 heterocycles. The van der Waals surface area contributed by atoms with Crippen LogP contribution in [0, 0.1) is 0 Å². The van der Waals surface area contributed by atoms with E-state index in [2.05, 4.69) is 27.8 Å². The lowest BCUT2D eigenvalue weighted by Gasteiger charge is -2.08. The number of rotatable bonds is 8. The van der Waals surface area contributed by atoms with Gasteiger partial charge in [0.1, 0.15) is 5.03 Å². The molecule has 3 aromatic heterocycles. The molecular weight excluding hydrogens is 356 g/mol. The van der Waals surface area contributed by atoms with E-state index in [1.165, 1.54) is 4.88 Å². The van der Waals surface area contributed by atoms with Gasteiger partial charge in [0.15, 0.2) is 0 Å². The summed E-state index contributed by atoms with van der Waals surface area (Å²) in [5.41, 5.74) is 0.662. The second-order valence-electron chi connectivity index (χ2n) is 5.15. The summed E-state index contributed by atoms with van der Waals surface area (Å²) in [5, 5.41) is 7.91. The Bertz CT molecular complexity index is 754. The van der Waals surface area contributed by atoms with Crippen LogP contribution in [0.4, 0.5) is 0 Å². The summed E-state index contributed by atoms with van der Waals surface area (Å²) >= 11 is 5.10. The molecule has 0 aliphatic carbocycles. The van der Waals surface area contributed by atoms with Gasteiger partial charge in [0.2, 0.25) is 0 Å². The van der Waals surface area contributed by atoms with Crippen molar-refractivity contribution in [2.75, 3.05) is 5.75 Å². The number of thioether (sulfide) groups is 1. The molecule has 0 spiro atoms. The number of carbonyl (C=O) groups is 1. The number of nitrogens with one attached hydrogen (secondary N) is 1. The van der Waals surface area contributed by atoms with Crippen molar-refractivity contribution in [3.63, 3.8) is 0 Å². The van der Waals surface area contributed by atoms with Crippen molar-refractivity contribution < 1.29 is 4.79 Å². The van der Waals surface area contributed by atoms with Crippen molar-refractivity contribution in [3.05, 3.63) is 68.7 Å². The summed E-state index contributed by atoms with van der Waals surface area (Å²) in [6, 6.07) is 11.9. The quantitative estimate of drug-likeness (QED) is 0.452. The Morgan fingerprint density at radius 2 is 1.88 bits per heavy atom. The number of nitrogens with zero attached hydrogens (tertiary/aromatic N) is 1. The van der Waals surface area contributed by atoms with Gasteiger partial charge in [-0.05, 0) is 53.6 Å². The highest BCUT2D eigenvalue weighted by Gasteiger charge is 2.12. The minimum Gasteiger partial charge on any atom is -0.347 e. The van der Waals surface area contributed by atoms with E-state index < -0.39 is 0 Å². The summed E-state index contributed by atoms with van der Waals surface area (Å²) in [7, 11) is 0. The molecule has 0 fully saturated rings. The summed E-state index contributed by atoms with van der Waals surface area (Å²) in [6.45, 7) is 0.563. The van der Waals surface area contributed by atoms with Gasteiger partial charge in [-0.1, -0.05) is 12.1 Å². The number of thiophene rings is 2. The molecule has 1 N–H and O–H groups in total. The lowest BCUT2D eigenvalue weighted by molar-refractivity contribution is 0.0947. The third-order valence-corrected chi connectivity index (χ3v) is 6.31. The second kappa shape index (κ2) is 9.01. The summed E-state index contributed by atoms with van der Waals surface area (Å²) in [6.07, 6.45) is 3.91. The molecule has 0 radical (unpaired) electrons. The first-order chi connectivity index (χ1) is 11.8. The first-order valence-corrected chi connectivity index (χ1v) is 10.5. The number of hydrogen-bond donors (Lipinski definition) is 1. The van der Waals surface area contributed by atoms with E-state index in [1.54, 1.807) is 40.6 Å². The van der Waals surface area contributed by atoms with Crippen LogP contribution in [0.25, 0.3) is 0 Å². The fourth-order valence-electron chi connectivity index (χ4n) is 2.22. The van der Waals surface area contributed by atoms with Crippen LogP contribution >= 0.6 is 34.4 Å². The Balaban J connectivity index is 1.52. The van der Waals surface area contributed by atoms with Crippen LogP contribution < -0.4 is 5.32 Å². The zero-order valence-corrected chi connectivity index (χ0v) is 15.6. The highest BCUT2D eigenvalue weighted by Crippen LogP contribution is 2.22. The monoisotopic (exact) mass is 374 g/mol. The van der Waals surface area contributed by atoms with Crippen LogP contribution in [0.2, 0.25) is 0 Å². The first-order valence-electron chi connectivity index (χ1n) is 7.74. The van der Waals surface area contributed by atoms with Gasteiger partial charge in [-0.2, -0.15) is 0 Å². The van der Waals surface area contributed by atoms with Gasteiger partial charge in [0.25, 0.3) is 5.91 Å². The third-order valence-electron chi connectivity index (χ3n) is 3.41. The minimum atomic E-state index is -0.0581. The Labute approximate surface area is 154 Å². The molecule has 124 valence electrons. The van der Waals surface area contributed by atoms with Gasteiger partial charge in [-0.15, -0.1) is 34.4 Å². The third kappa shape index (κ3) is 4.93. The van der Waals surface area contributed by atoms with Crippen molar-refractivity contribution >= 4 is 40.3 Å². The maximum absolute atomic E-state index is 12.4. The van der Waals surface area contributed by atoms with E-state index in [-0.39, 0.29) is 5.91 Å². The van der Waals surface area contributed by atoms with E-state index in [9.17, 15) is 4.79 Å². The average molecular weight is 375 g/mol. The van der Waals surface area contributed by atoms with Gasteiger partial charge in [-0.25, -0.2) is 4.98 Å². The topological polar surface area (TPSA) is 42.0 Å². The fourth-order valence-corrected chi connectivity index (χ4v) is 4.55.